The SMILES string of the molecule is CN1C(=O)CCc2cc(CC(=O)Nc3ccc4cn[nH]c4c3)ccc21. The Labute approximate surface area is 144 Å². The Hall–Kier alpha value is -3.15. The zero-order valence-corrected chi connectivity index (χ0v) is 13.9. The third kappa shape index (κ3) is 2.98. The number of aromatic nitrogens is 2. The van der Waals surface area contributed by atoms with Crippen molar-refractivity contribution in [3.63, 3.8) is 0 Å². The lowest BCUT2D eigenvalue weighted by Crippen LogP contribution is -2.31. The minimum absolute atomic E-state index is 0.0703. The van der Waals surface area contributed by atoms with Crippen molar-refractivity contribution in [3.8, 4) is 0 Å². The van der Waals surface area contributed by atoms with Gasteiger partial charge in [0.2, 0.25) is 11.8 Å². The number of amides is 2. The Morgan fingerprint density at radius 3 is 3.00 bits per heavy atom. The number of nitrogens with one attached hydrogen (secondary N) is 2. The molecular formula is C19H18N4O2. The summed E-state index contributed by atoms with van der Waals surface area (Å²) in [5.74, 6) is 0.0613. The molecule has 25 heavy (non-hydrogen) atoms. The molecule has 6 nitrogen and oxygen atoms in total. The molecule has 0 saturated heterocycles. The quantitative estimate of drug-likeness (QED) is 0.773. The number of hydrogen-bond donors (Lipinski definition) is 2. The van der Waals surface area contributed by atoms with E-state index in [0.29, 0.717) is 12.8 Å². The standard InChI is InChI=1S/C19H18N4O2/c1-23-17-6-2-12(8-13(17)4-7-19(23)25)9-18(24)21-15-5-3-14-11-20-22-16(14)10-15/h2-3,5-6,8,10-11H,4,7,9H2,1H3,(H,20,22)(H,21,24). The predicted molar refractivity (Wildman–Crippen MR) is 96.6 cm³/mol. The molecule has 1 aliphatic rings. The van der Waals surface area contributed by atoms with Crippen molar-refractivity contribution in [2.45, 2.75) is 19.3 Å². The molecular weight excluding hydrogens is 316 g/mol. The molecule has 0 aliphatic carbocycles. The van der Waals surface area contributed by atoms with Crippen molar-refractivity contribution in [2.24, 2.45) is 0 Å². The van der Waals surface area contributed by atoms with Gasteiger partial charge in [0.25, 0.3) is 0 Å². The molecule has 0 saturated carbocycles. The van der Waals surface area contributed by atoms with Gasteiger partial charge in [-0.15, -0.1) is 0 Å². The average Bonchev–Trinajstić information content (AvgIpc) is 3.06. The second kappa shape index (κ2) is 6.05. The van der Waals surface area contributed by atoms with Crippen molar-refractivity contribution >= 4 is 34.1 Å². The van der Waals surface area contributed by atoms with Gasteiger partial charge in [0.1, 0.15) is 0 Å². The summed E-state index contributed by atoms with van der Waals surface area (Å²) in [4.78, 5) is 25.8. The fourth-order valence-corrected chi connectivity index (χ4v) is 3.23. The number of anilines is 2. The first kappa shape index (κ1) is 15.4. The summed E-state index contributed by atoms with van der Waals surface area (Å²) >= 11 is 0. The van der Waals surface area contributed by atoms with Crippen LogP contribution in [0.3, 0.4) is 0 Å². The first-order chi connectivity index (χ1) is 12.1. The summed E-state index contributed by atoms with van der Waals surface area (Å²) in [5.41, 5.74) is 4.63. The maximum atomic E-state index is 12.3. The number of carbonyl (C=O) groups excluding carboxylic acids is 2. The summed E-state index contributed by atoms with van der Waals surface area (Å²) in [6.45, 7) is 0. The lowest BCUT2D eigenvalue weighted by atomic mass is 9.98. The Kier molecular flexibility index (Phi) is 3.72. The second-order valence-electron chi connectivity index (χ2n) is 6.31. The average molecular weight is 334 g/mol. The van der Waals surface area contributed by atoms with E-state index in [1.165, 1.54) is 0 Å². The van der Waals surface area contributed by atoms with Gasteiger partial charge < -0.3 is 10.2 Å². The number of hydrogen-bond acceptors (Lipinski definition) is 3. The summed E-state index contributed by atoms with van der Waals surface area (Å²) in [5, 5.41) is 10.8. The topological polar surface area (TPSA) is 78.1 Å². The lowest BCUT2D eigenvalue weighted by Gasteiger charge is -2.26. The predicted octanol–water partition coefficient (Wildman–Crippen LogP) is 2.65. The highest BCUT2D eigenvalue weighted by atomic mass is 16.2. The van der Waals surface area contributed by atoms with Gasteiger partial charge in [0.05, 0.1) is 18.1 Å². The number of H-pyrrole nitrogens is 1. The van der Waals surface area contributed by atoms with Gasteiger partial charge in [-0.3, -0.25) is 14.7 Å². The molecule has 1 aliphatic heterocycles. The summed E-state index contributed by atoms with van der Waals surface area (Å²) in [6.07, 6.45) is 3.29. The molecule has 3 aromatic rings. The van der Waals surface area contributed by atoms with Crippen LogP contribution in [0.5, 0.6) is 0 Å². The molecule has 126 valence electrons. The molecule has 2 N–H and O–H groups in total. The van der Waals surface area contributed by atoms with Crippen LogP contribution >= 0.6 is 0 Å². The number of aromatic amines is 1. The molecule has 4 rings (SSSR count). The van der Waals surface area contributed by atoms with Crippen LogP contribution in [0.15, 0.2) is 42.6 Å². The minimum Gasteiger partial charge on any atom is -0.326 e. The van der Waals surface area contributed by atoms with Gasteiger partial charge in [0.15, 0.2) is 0 Å². The van der Waals surface area contributed by atoms with E-state index in [0.717, 1.165) is 39.8 Å². The van der Waals surface area contributed by atoms with Crippen LogP contribution in [0.25, 0.3) is 10.9 Å². The van der Waals surface area contributed by atoms with E-state index < -0.39 is 0 Å². The van der Waals surface area contributed by atoms with Crippen LogP contribution < -0.4 is 10.2 Å². The smallest absolute Gasteiger partial charge is 0.228 e. The van der Waals surface area contributed by atoms with Crippen LogP contribution in [0, 0.1) is 0 Å². The van der Waals surface area contributed by atoms with E-state index in [9.17, 15) is 9.59 Å². The Morgan fingerprint density at radius 2 is 2.12 bits per heavy atom. The van der Waals surface area contributed by atoms with Gasteiger partial charge in [-0.25, -0.2) is 0 Å². The number of aryl methyl sites for hydroxylation is 1. The summed E-state index contributed by atoms with van der Waals surface area (Å²) in [6, 6.07) is 11.5. The van der Waals surface area contributed by atoms with E-state index in [-0.39, 0.29) is 11.8 Å². The fourth-order valence-electron chi connectivity index (χ4n) is 3.23. The number of nitrogens with zero attached hydrogens (tertiary/aromatic N) is 2. The molecule has 0 fully saturated rings. The van der Waals surface area contributed by atoms with Crippen LogP contribution in [-0.2, 0) is 22.4 Å². The van der Waals surface area contributed by atoms with Crippen LogP contribution in [0.1, 0.15) is 17.5 Å². The van der Waals surface area contributed by atoms with Crippen molar-refractivity contribution in [2.75, 3.05) is 17.3 Å². The lowest BCUT2D eigenvalue weighted by molar-refractivity contribution is -0.118. The largest absolute Gasteiger partial charge is 0.326 e. The molecule has 0 unspecified atom stereocenters. The molecule has 0 radical (unpaired) electrons. The molecule has 6 heteroatoms. The molecule has 1 aromatic heterocycles. The van der Waals surface area contributed by atoms with Gasteiger partial charge in [-0.1, -0.05) is 12.1 Å². The van der Waals surface area contributed by atoms with E-state index in [2.05, 4.69) is 15.5 Å². The number of carbonyl (C=O) groups is 2. The Bertz CT molecular complexity index is 976. The van der Waals surface area contributed by atoms with Crippen molar-refractivity contribution in [1.82, 2.24) is 10.2 Å². The normalized spacial score (nSPS) is 13.8. The maximum Gasteiger partial charge on any atom is 0.228 e. The van der Waals surface area contributed by atoms with Crippen molar-refractivity contribution in [1.29, 1.82) is 0 Å². The monoisotopic (exact) mass is 334 g/mol. The molecule has 2 amide bonds. The molecule has 2 heterocycles. The number of rotatable bonds is 3. The van der Waals surface area contributed by atoms with Crippen LogP contribution in [-0.4, -0.2) is 29.1 Å². The van der Waals surface area contributed by atoms with Crippen molar-refractivity contribution < 1.29 is 9.59 Å². The first-order valence-corrected chi connectivity index (χ1v) is 8.21. The van der Waals surface area contributed by atoms with Gasteiger partial charge >= 0.3 is 0 Å². The first-order valence-electron chi connectivity index (χ1n) is 8.21. The van der Waals surface area contributed by atoms with Gasteiger partial charge in [0, 0.05) is 30.2 Å². The fraction of sp³-hybridized carbons (Fsp3) is 0.211. The Morgan fingerprint density at radius 1 is 1.24 bits per heavy atom. The van der Waals surface area contributed by atoms with E-state index in [4.69, 9.17) is 0 Å². The second-order valence-corrected chi connectivity index (χ2v) is 6.31. The number of fused-ring (bicyclic) bond motifs is 2. The molecule has 0 bridgehead atoms. The third-order valence-electron chi connectivity index (χ3n) is 4.58. The van der Waals surface area contributed by atoms with Gasteiger partial charge in [-0.05, 0) is 41.8 Å². The third-order valence-corrected chi connectivity index (χ3v) is 4.58. The highest BCUT2D eigenvalue weighted by Crippen LogP contribution is 2.27. The highest BCUT2D eigenvalue weighted by molar-refractivity contribution is 5.97. The zero-order valence-electron chi connectivity index (χ0n) is 13.9. The Balaban J connectivity index is 1.48. The molecule has 2 aromatic carbocycles. The van der Waals surface area contributed by atoms with E-state index >= 15 is 0 Å². The van der Waals surface area contributed by atoms with Crippen LogP contribution in [0.4, 0.5) is 11.4 Å². The minimum atomic E-state index is -0.0703. The van der Waals surface area contributed by atoms with Crippen LogP contribution in [0.2, 0.25) is 0 Å². The highest BCUT2D eigenvalue weighted by Gasteiger charge is 2.21. The van der Waals surface area contributed by atoms with E-state index in [1.54, 1.807) is 18.1 Å². The van der Waals surface area contributed by atoms with Gasteiger partial charge in [-0.2, -0.15) is 5.10 Å². The summed E-state index contributed by atoms with van der Waals surface area (Å²) in [7, 11) is 1.79. The zero-order chi connectivity index (χ0) is 17.4. The number of benzene rings is 2. The maximum absolute atomic E-state index is 12.3. The van der Waals surface area contributed by atoms with E-state index in [1.807, 2.05) is 36.4 Å². The molecule has 0 atom stereocenters. The summed E-state index contributed by atoms with van der Waals surface area (Å²) < 4.78 is 0. The molecule has 0 spiro atoms. The van der Waals surface area contributed by atoms with Crippen molar-refractivity contribution in [3.05, 3.63) is 53.7 Å².